The molecule has 0 saturated heterocycles. The van der Waals surface area contributed by atoms with E-state index < -0.39 is 5.97 Å². The van der Waals surface area contributed by atoms with E-state index in [1.807, 2.05) is 13.8 Å². The predicted molar refractivity (Wildman–Crippen MR) is 79.7 cm³/mol. The van der Waals surface area contributed by atoms with Crippen LogP contribution in [0.25, 0.3) is 0 Å². The second-order valence-corrected chi connectivity index (χ2v) is 5.51. The predicted octanol–water partition coefficient (Wildman–Crippen LogP) is 2.58. The van der Waals surface area contributed by atoms with Gasteiger partial charge in [-0.05, 0) is 26.3 Å². The van der Waals surface area contributed by atoms with Gasteiger partial charge in [0.25, 0.3) is 5.91 Å². The summed E-state index contributed by atoms with van der Waals surface area (Å²) in [6.45, 7) is 5.75. The lowest BCUT2D eigenvalue weighted by Gasteiger charge is -2.06. The number of amides is 1. The molecule has 0 radical (unpaired) electrons. The van der Waals surface area contributed by atoms with Gasteiger partial charge in [0.15, 0.2) is 0 Å². The van der Waals surface area contributed by atoms with E-state index in [2.05, 4.69) is 15.3 Å². The van der Waals surface area contributed by atoms with Gasteiger partial charge in [-0.1, -0.05) is 0 Å². The lowest BCUT2D eigenvalue weighted by atomic mass is 10.1. The fourth-order valence-corrected chi connectivity index (χ4v) is 2.80. The van der Waals surface area contributed by atoms with Crippen LogP contribution in [-0.2, 0) is 4.74 Å². The van der Waals surface area contributed by atoms with Gasteiger partial charge in [0.1, 0.15) is 11.3 Å². The Hall–Kier alpha value is -2.28. The van der Waals surface area contributed by atoms with E-state index in [1.165, 1.54) is 30.1 Å². The minimum absolute atomic E-state index is 0.285. The Morgan fingerprint density at radius 3 is 2.57 bits per heavy atom. The number of carbonyl (C=O) groups is 2. The number of carbonyl (C=O) groups excluding carboxylic acids is 2. The summed E-state index contributed by atoms with van der Waals surface area (Å²) in [6, 6.07) is 0. The summed E-state index contributed by atoms with van der Waals surface area (Å²) in [5.74, 6) is -0.790. The van der Waals surface area contributed by atoms with E-state index in [9.17, 15) is 9.59 Å². The average Bonchev–Trinajstić information content (AvgIpc) is 2.75. The SMILES string of the molecule is CCOC(=O)c1c(NC(=O)c2cncnc2)sc(C)c1C. The number of ether oxygens (including phenoxy) is 1. The number of nitrogens with one attached hydrogen (secondary N) is 1. The lowest BCUT2D eigenvalue weighted by molar-refractivity contribution is 0.0527. The van der Waals surface area contributed by atoms with Crippen LogP contribution in [-0.4, -0.2) is 28.5 Å². The number of hydrogen-bond donors (Lipinski definition) is 1. The van der Waals surface area contributed by atoms with Gasteiger partial charge in [0, 0.05) is 17.3 Å². The minimum atomic E-state index is -0.432. The Balaban J connectivity index is 2.30. The molecule has 0 saturated carbocycles. The van der Waals surface area contributed by atoms with Crippen LogP contribution in [0.15, 0.2) is 18.7 Å². The summed E-state index contributed by atoms with van der Waals surface area (Å²) in [4.78, 5) is 32.7. The van der Waals surface area contributed by atoms with Crippen molar-refractivity contribution in [3.05, 3.63) is 40.3 Å². The molecule has 1 N–H and O–H groups in total. The number of thiophene rings is 1. The van der Waals surface area contributed by atoms with Gasteiger partial charge in [-0.2, -0.15) is 0 Å². The molecule has 2 rings (SSSR count). The van der Waals surface area contributed by atoms with E-state index in [0.717, 1.165) is 10.4 Å². The van der Waals surface area contributed by atoms with E-state index >= 15 is 0 Å². The zero-order chi connectivity index (χ0) is 15.4. The van der Waals surface area contributed by atoms with E-state index in [-0.39, 0.29) is 12.5 Å². The van der Waals surface area contributed by atoms with E-state index in [4.69, 9.17) is 4.74 Å². The molecule has 1 amide bonds. The maximum absolute atomic E-state index is 12.1. The highest BCUT2D eigenvalue weighted by molar-refractivity contribution is 7.16. The lowest BCUT2D eigenvalue weighted by Crippen LogP contribution is -2.15. The van der Waals surface area contributed by atoms with Crippen molar-refractivity contribution >= 4 is 28.2 Å². The van der Waals surface area contributed by atoms with E-state index in [1.54, 1.807) is 6.92 Å². The van der Waals surface area contributed by atoms with Crippen molar-refractivity contribution < 1.29 is 14.3 Å². The van der Waals surface area contributed by atoms with Gasteiger partial charge >= 0.3 is 5.97 Å². The van der Waals surface area contributed by atoms with Crippen molar-refractivity contribution in [2.24, 2.45) is 0 Å². The normalized spacial score (nSPS) is 10.2. The molecule has 2 aromatic heterocycles. The Kier molecular flexibility index (Phi) is 4.64. The number of hydrogen-bond acceptors (Lipinski definition) is 6. The smallest absolute Gasteiger partial charge is 0.341 e. The van der Waals surface area contributed by atoms with Gasteiger partial charge in [-0.25, -0.2) is 14.8 Å². The van der Waals surface area contributed by atoms with Crippen LogP contribution < -0.4 is 5.32 Å². The van der Waals surface area contributed by atoms with Gasteiger partial charge in [-0.15, -0.1) is 11.3 Å². The average molecular weight is 305 g/mol. The highest BCUT2D eigenvalue weighted by Gasteiger charge is 2.22. The first-order valence-corrected chi connectivity index (χ1v) is 7.19. The molecule has 0 aliphatic heterocycles. The molecule has 0 aliphatic carbocycles. The fourth-order valence-electron chi connectivity index (χ4n) is 1.76. The van der Waals surface area contributed by atoms with Crippen LogP contribution >= 0.6 is 11.3 Å². The molecule has 0 aromatic carbocycles. The van der Waals surface area contributed by atoms with Crippen molar-refractivity contribution in [2.45, 2.75) is 20.8 Å². The van der Waals surface area contributed by atoms with Crippen LogP contribution in [0.2, 0.25) is 0 Å². The van der Waals surface area contributed by atoms with Crippen molar-refractivity contribution in [3.63, 3.8) is 0 Å². The topological polar surface area (TPSA) is 81.2 Å². The molecular formula is C14H15N3O3S. The Morgan fingerprint density at radius 1 is 1.29 bits per heavy atom. The summed E-state index contributed by atoms with van der Waals surface area (Å²) in [5.41, 5.74) is 1.55. The quantitative estimate of drug-likeness (QED) is 0.878. The molecular weight excluding hydrogens is 290 g/mol. The largest absolute Gasteiger partial charge is 0.462 e. The molecule has 0 spiro atoms. The Labute approximate surface area is 126 Å². The first kappa shape index (κ1) is 15.1. The van der Waals surface area contributed by atoms with Crippen molar-refractivity contribution in [1.82, 2.24) is 9.97 Å². The summed E-state index contributed by atoms with van der Waals surface area (Å²) >= 11 is 1.34. The molecule has 2 aromatic rings. The summed E-state index contributed by atoms with van der Waals surface area (Å²) < 4.78 is 5.04. The van der Waals surface area contributed by atoms with Gasteiger partial charge in [-0.3, -0.25) is 4.79 Å². The summed E-state index contributed by atoms with van der Waals surface area (Å²) in [5, 5.41) is 3.21. The molecule has 2 heterocycles. The molecule has 0 aliphatic rings. The third kappa shape index (κ3) is 3.25. The molecule has 6 nitrogen and oxygen atoms in total. The standard InChI is InChI=1S/C14H15N3O3S/c1-4-20-14(19)11-8(2)9(3)21-13(11)17-12(18)10-5-15-7-16-6-10/h5-7H,4H2,1-3H3,(H,17,18). The summed E-state index contributed by atoms with van der Waals surface area (Å²) in [7, 11) is 0. The molecule has 0 unspecified atom stereocenters. The monoisotopic (exact) mass is 305 g/mol. The van der Waals surface area contributed by atoms with Gasteiger partial charge < -0.3 is 10.1 Å². The maximum Gasteiger partial charge on any atom is 0.341 e. The third-order valence-electron chi connectivity index (χ3n) is 2.91. The van der Waals surface area contributed by atoms with Gasteiger partial charge in [0.05, 0.1) is 17.7 Å². The number of aromatic nitrogens is 2. The number of aryl methyl sites for hydroxylation is 1. The van der Waals surface area contributed by atoms with Crippen LogP contribution in [0.1, 0.15) is 38.1 Å². The van der Waals surface area contributed by atoms with Crippen LogP contribution in [0, 0.1) is 13.8 Å². The second-order valence-electron chi connectivity index (χ2n) is 4.29. The van der Waals surface area contributed by atoms with Crippen molar-refractivity contribution in [1.29, 1.82) is 0 Å². The zero-order valence-corrected chi connectivity index (χ0v) is 12.8. The summed E-state index contributed by atoms with van der Waals surface area (Å²) in [6.07, 6.45) is 4.18. The minimum Gasteiger partial charge on any atom is -0.462 e. The fraction of sp³-hybridized carbons (Fsp3) is 0.286. The number of nitrogens with zero attached hydrogens (tertiary/aromatic N) is 2. The third-order valence-corrected chi connectivity index (χ3v) is 4.04. The molecule has 0 atom stereocenters. The first-order valence-electron chi connectivity index (χ1n) is 6.38. The van der Waals surface area contributed by atoms with Crippen molar-refractivity contribution in [2.75, 3.05) is 11.9 Å². The second kappa shape index (κ2) is 6.45. The Morgan fingerprint density at radius 2 is 1.95 bits per heavy atom. The highest BCUT2D eigenvalue weighted by Crippen LogP contribution is 2.33. The molecule has 21 heavy (non-hydrogen) atoms. The molecule has 0 fully saturated rings. The van der Waals surface area contributed by atoms with Crippen molar-refractivity contribution in [3.8, 4) is 0 Å². The van der Waals surface area contributed by atoms with Crippen LogP contribution in [0.3, 0.4) is 0 Å². The first-order chi connectivity index (χ1) is 10.0. The number of anilines is 1. The van der Waals surface area contributed by atoms with Crippen LogP contribution in [0.5, 0.6) is 0 Å². The van der Waals surface area contributed by atoms with E-state index in [0.29, 0.717) is 16.1 Å². The highest BCUT2D eigenvalue weighted by atomic mass is 32.1. The number of esters is 1. The van der Waals surface area contributed by atoms with Gasteiger partial charge in [0.2, 0.25) is 0 Å². The maximum atomic E-state index is 12.1. The number of rotatable bonds is 4. The molecule has 7 heteroatoms. The zero-order valence-electron chi connectivity index (χ0n) is 12.0. The van der Waals surface area contributed by atoms with Crippen LogP contribution in [0.4, 0.5) is 5.00 Å². The molecule has 0 bridgehead atoms. The Bertz CT molecular complexity index is 668. The molecule has 110 valence electrons.